The number of hydrogen-bond acceptors (Lipinski definition) is 6. The second-order valence-electron chi connectivity index (χ2n) is 7.81. The average Bonchev–Trinajstić information content (AvgIpc) is 3.49. The number of carbonyl (C=O) groups excluding carboxylic acids is 1. The van der Waals surface area contributed by atoms with Crippen LogP contribution in [0.15, 0.2) is 71.4 Å². The Balaban J connectivity index is 1.47. The van der Waals surface area contributed by atoms with Gasteiger partial charge in [0.05, 0.1) is 20.5 Å². The highest BCUT2D eigenvalue weighted by Gasteiger charge is 2.16. The Morgan fingerprint density at radius 1 is 1.00 bits per heavy atom. The van der Waals surface area contributed by atoms with E-state index in [0.717, 1.165) is 33.4 Å². The summed E-state index contributed by atoms with van der Waals surface area (Å²) >= 11 is 0. The number of ether oxygens (including phenoxy) is 4. The first kappa shape index (κ1) is 21.5. The second kappa shape index (κ2) is 8.86. The smallest absolute Gasteiger partial charge is 0.248 e. The van der Waals surface area contributed by atoms with Crippen LogP contribution in [0.1, 0.15) is 12.5 Å². The molecular weight excluding hydrogens is 434 g/mol. The van der Waals surface area contributed by atoms with Crippen molar-refractivity contribution in [3.63, 3.8) is 0 Å². The zero-order chi connectivity index (χ0) is 23.7. The van der Waals surface area contributed by atoms with Gasteiger partial charge >= 0.3 is 0 Å². The van der Waals surface area contributed by atoms with Crippen LogP contribution in [0, 0.1) is 0 Å². The number of fused-ring (bicyclic) bond motifs is 2. The Hall–Kier alpha value is -4.39. The molecule has 0 spiro atoms. The summed E-state index contributed by atoms with van der Waals surface area (Å²) in [5, 5.41) is 3.78. The third kappa shape index (κ3) is 4.03. The monoisotopic (exact) mass is 457 g/mol. The zero-order valence-electron chi connectivity index (χ0n) is 19.0. The van der Waals surface area contributed by atoms with Gasteiger partial charge in [0.2, 0.25) is 12.7 Å². The largest absolute Gasteiger partial charge is 0.497 e. The summed E-state index contributed by atoms with van der Waals surface area (Å²) in [4.78, 5) is 12.7. The Kier molecular flexibility index (Phi) is 5.59. The van der Waals surface area contributed by atoms with Crippen LogP contribution in [0.5, 0.6) is 23.0 Å². The van der Waals surface area contributed by atoms with Crippen molar-refractivity contribution in [2.24, 2.45) is 0 Å². The summed E-state index contributed by atoms with van der Waals surface area (Å²) in [5.74, 6) is 2.38. The van der Waals surface area contributed by atoms with Crippen LogP contribution in [0.25, 0.3) is 27.7 Å². The maximum atomic E-state index is 12.7. The van der Waals surface area contributed by atoms with E-state index in [1.165, 1.54) is 0 Å². The lowest BCUT2D eigenvalue weighted by atomic mass is 9.99. The third-order valence-corrected chi connectivity index (χ3v) is 5.69. The van der Waals surface area contributed by atoms with Crippen molar-refractivity contribution in [1.82, 2.24) is 0 Å². The molecule has 2 heterocycles. The standard InChI is InChI=1S/C27H23NO6/c1-16(9-27(29)28-18-7-8-23-26(11-18)34-15-33-23)20-12-21-22(14-32-25(21)13-24(20)31-3)17-5-4-6-19(10-17)30-2/h4-14H,15H2,1-3H3,(H,28,29)/b16-9+. The SMILES string of the molecule is COc1cccc(-c2coc3cc(OC)c(/C(C)=C/C(=O)Nc4ccc5c(c4)OCO5)cc23)c1. The second-order valence-corrected chi connectivity index (χ2v) is 7.81. The van der Waals surface area contributed by atoms with Gasteiger partial charge in [0, 0.05) is 40.4 Å². The Labute approximate surface area is 196 Å². The quantitative estimate of drug-likeness (QED) is 0.364. The molecule has 0 atom stereocenters. The molecule has 34 heavy (non-hydrogen) atoms. The molecule has 5 rings (SSSR count). The van der Waals surface area contributed by atoms with E-state index in [-0.39, 0.29) is 12.7 Å². The van der Waals surface area contributed by atoms with Crippen molar-refractivity contribution >= 4 is 28.1 Å². The Morgan fingerprint density at radius 2 is 1.85 bits per heavy atom. The predicted molar refractivity (Wildman–Crippen MR) is 130 cm³/mol. The number of hydrogen-bond donors (Lipinski definition) is 1. The highest BCUT2D eigenvalue weighted by atomic mass is 16.7. The molecule has 1 aliphatic rings. The minimum absolute atomic E-state index is 0.180. The molecule has 0 unspecified atom stereocenters. The molecule has 1 aliphatic heterocycles. The van der Waals surface area contributed by atoms with Gasteiger partial charge in [0.25, 0.3) is 0 Å². The Bertz CT molecular complexity index is 1420. The molecule has 1 N–H and O–H groups in total. The number of allylic oxidation sites excluding steroid dienone is 1. The molecule has 1 aromatic heterocycles. The average molecular weight is 457 g/mol. The van der Waals surface area contributed by atoms with E-state index in [1.807, 2.05) is 43.3 Å². The van der Waals surface area contributed by atoms with E-state index >= 15 is 0 Å². The summed E-state index contributed by atoms with van der Waals surface area (Å²) in [6.45, 7) is 2.05. The number of furan rings is 1. The molecule has 0 aliphatic carbocycles. The highest BCUT2D eigenvalue weighted by molar-refractivity contribution is 6.05. The number of nitrogens with one attached hydrogen (secondary N) is 1. The van der Waals surface area contributed by atoms with Gasteiger partial charge < -0.3 is 28.7 Å². The summed E-state index contributed by atoms with van der Waals surface area (Å²) in [6.07, 6.45) is 3.26. The fourth-order valence-electron chi connectivity index (χ4n) is 3.97. The molecular formula is C27H23NO6. The molecule has 0 radical (unpaired) electrons. The van der Waals surface area contributed by atoms with Crippen molar-refractivity contribution in [2.45, 2.75) is 6.92 Å². The summed E-state index contributed by atoms with van der Waals surface area (Å²) in [6, 6.07) is 16.9. The summed E-state index contributed by atoms with van der Waals surface area (Å²) in [7, 11) is 3.23. The molecule has 0 fully saturated rings. The van der Waals surface area contributed by atoms with Crippen molar-refractivity contribution in [1.29, 1.82) is 0 Å². The first-order valence-electron chi connectivity index (χ1n) is 10.7. The minimum Gasteiger partial charge on any atom is -0.497 e. The van der Waals surface area contributed by atoms with Crippen LogP contribution >= 0.6 is 0 Å². The van der Waals surface area contributed by atoms with Gasteiger partial charge in [-0.2, -0.15) is 0 Å². The van der Waals surface area contributed by atoms with Crippen LogP contribution in [0.4, 0.5) is 5.69 Å². The summed E-state index contributed by atoms with van der Waals surface area (Å²) < 4.78 is 27.5. The molecule has 7 heteroatoms. The molecule has 0 saturated carbocycles. The lowest BCUT2D eigenvalue weighted by molar-refractivity contribution is -0.111. The number of benzene rings is 3. The highest BCUT2D eigenvalue weighted by Crippen LogP contribution is 2.38. The van der Waals surface area contributed by atoms with Gasteiger partial charge in [-0.1, -0.05) is 12.1 Å². The van der Waals surface area contributed by atoms with E-state index in [0.29, 0.717) is 28.5 Å². The molecule has 1 amide bonds. The van der Waals surface area contributed by atoms with Gasteiger partial charge in [-0.25, -0.2) is 0 Å². The molecule has 7 nitrogen and oxygen atoms in total. The van der Waals surface area contributed by atoms with Crippen LogP contribution in [0.3, 0.4) is 0 Å². The first-order chi connectivity index (χ1) is 16.6. The molecule has 0 saturated heterocycles. The molecule has 172 valence electrons. The van der Waals surface area contributed by atoms with Crippen molar-refractivity contribution in [2.75, 3.05) is 26.3 Å². The lowest BCUT2D eigenvalue weighted by Crippen LogP contribution is -2.08. The topological polar surface area (TPSA) is 79.2 Å². The number of amides is 1. The van der Waals surface area contributed by atoms with Gasteiger partial charge in [-0.05, 0) is 48.4 Å². The van der Waals surface area contributed by atoms with Crippen LogP contribution in [-0.2, 0) is 4.79 Å². The first-order valence-corrected chi connectivity index (χ1v) is 10.7. The minimum atomic E-state index is -0.265. The van der Waals surface area contributed by atoms with Crippen LogP contribution in [0.2, 0.25) is 0 Å². The van der Waals surface area contributed by atoms with Crippen LogP contribution < -0.4 is 24.3 Å². The van der Waals surface area contributed by atoms with Gasteiger partial charge in [-0.15, -0.1) is 0 Å². The number of methoxy groups -OCH3 is 2. The number of rotatable bonds is 6. The molecule has 0 bridgehead atoms. The van der Waals surface area contributed by atoms with Crippen molar-refractivity contribution in [3.05, 3.63) is 72.5 Å². The third-order valence-electron chi connectivity index (χ3n) is 5.69. The zero-order valence-corrected chi connectivity index (χ0v) is 19.0. The van der Waals surface area contributed by atoms with Gasteiger partial charge in [-0.3, -0.25) is 4.79 Å². The maximum Gasteiger partial charge on any atom is 0.248 e. The van der Waals surface area contributed by atoms with E-state index in [2.05, 4.69) is 5.32 Å². The van der Waals surface area contributed by atoms with E-state index in [4.69, 9.17) is 23.4 Å². The van der Waals surface area contributed by atoms with Gasteiger partial charge in [0.15, 0.2) is 11.5 Å². The van der Waals surface area contributed by atoms with Crippen molar-refractivity contribution < 1.29 is 28.2 Å². The maximum absolute atomic E-state index is 12.7. The van der Waals surface area contributed by atoms with Gasteiger partial charge in [0.1, 0.15) is 17.1 Å². The van der Waals surface area contributed by atoms with E-state index in [1.54, 1.807) is 44.8 Å². The van der Waals surface area contributed by atoms with E-state index < -0.39 is 0 Å². The predicted octanol–water partition coefficient (Wildman–Crippen LogP) is 5.89. The number of anilines is 1. The summed E-state index contributed by atoms with van der Waals surface area (Å²) in [5.41, 5.74) is 4.75. The molecule has 3 aromatic carbocycles. The van der Waals surface area contributed by atoms with E-state index in [9.17, 15) is 4.79 Å². The normalized spacial score (nSPS) is 12.6. The lowest BCUT2D eigenvalue weighted by Gasteiger charge is -2.10. The fourth-order valence-corrected chi connectivity index (χ4v) is 3.97. The van der Waals surface area contributed by atoms with Crippen LogP contribution in [-0.4, -0.2) is 26.9 Å². The Morgan fingerprint density at radius 3 is 2.68 bits per heavy atom. The number of carbonyl (C=O) groups is 1. The molecule has 4 aromatic rings. The van der Waals surface area contributed by atoms with Crippen molar-refractivity contribution in [3.8, 4) is 34.1 Å². The fraction of sp³-hybridized carbons (Fsp3) is 0.148.